The van der Waals surface area contributed by atoms with Crippen LogP contribution in [0.4, 0.5) is 0 Å². The zero-order chi connectivity index (χ0) is 22.3. The molecule has 8 heteroatoms. The standard InChI is InChI=1S/C22H42O8/c1-2-3-4-5-6-7-8-9-10-11-12-27-13-14-28-15-16-29-17-18-30-21(24)19-20(23)22(25)26/h20,23H,2-19H2,1H3,(H,25,26). The molecule has 0 saturated heterocycles. The summed E-state index contributed by atoms with van der Waals surface area (Å²) in [6.07, 6.45) is 10.8. The molecular formula is C22H42O8. The molecular weight excluding hydrogens is 392 g/mol. The normalized spacial score (nSPS) is 12.1. The Hall–Kier alpha value is -1.22. The van der Waals surface area contributed by atoms with E-state index in [1.54, 1.807) is 0 Å². The van der Waals surface area contributed by atoms with Crippen LogP contribution in [-0.2, 0) is 28.5 Å². The van der Waals surface area contributed by atoms with Crippen molar-refractivity contribution in [3.8, 4) is 0 Å². The number of aliphatic hydroxyl groups is 1. The van der Waals surface area contributed by atoms with Crippen molar-refractivity contribution < 1.29 is 38.7 Å². The minimum atomic E-state index is -1.74. The number of rotatable bonds is 23. The minimum Gasteiger partial charge on any atom is -0.479 e. The SMILES string of the molecule is CCCCCCCCCCCCOCCOCCOCCOC(=O)CC(O)C(=O)O. The van der Waals surface area contributed by atoms with E-state index in [0.29, 0.717) is 26.4 Å². The van der Waals surface area contributed by atoms with Crippen LogP contribution in [-0.4, -0.2) is 74.5 Å². The molecule has 0 aromatic carbocycles. The number of carboxylic acid groups (broad SMARTS) is 1. The fourth-order valence-electron chi connectivity index (χ4n) is 2.75. The number of ether oxygens (including phenoxy) is 4. The average molecular weight is 435 g/mol. The van der Waals surface area contributed by atoms with Gasteiger partial charge in [-0.15, -0.1) is 0 Å². The highest BCUT2D eigenvalue weighted by molar-refractivity contribution is 5.80. The van der Waals surface area contributed by atoms with Gasteiger partial charge >= 0.3 is 11.9 Å². The second kappa shape index (κ2) is 22.5. The predicted molar refractivity (Wildman–Crippen MR) is 114 cm³/mol. The maximum atomic E-state index is 11.2. The monoisotopic (exact) mass is 434 g/mol. The molecule has 0 aromatic heterocycles. The Bertz CT molecular complexity index is 403. The maximum absolute atomic E-state index is 11.2. The number of esters is 1. The second-order valence-corrected chi connectivity index (χ2v) is 7.30. The number of carbonyl (C=O) groups is 2. The van der Waals surface area contributed by atoms with E-state index in [0.717, 1.165) is 13.0 Å². The predicted octanol–water partition coefficient (Wildman–Crippen LogP) is 3.34. The van der Waals surface area contributed by atoms with Gasteiger partial charge in [0.15, 0.2) is 6.10 Å². The molecule has 0 spiro atoms. The van der Waals surface area contributed by atoms with E-state index in [1.807, 2.05) is 0 Å². The summed E-state index contributed by atoms with van der Waals surface area (Å²) >= 11 is 0. The maximum Gasteiger partial charge on any atom is 0.333 e. The van der Waals surface area contributed by atoms with Crippen molar-refractivity contribution in [1.29, 1.82) is 0 Å². The Morgan fingerprint density at radius 2 is 1.10 bits per heavy atom. The molecule has 0 aromatic rings. The van der Waals surface area contributed by atoms with Crippen LogP contribution in [0.5, 0.6) is 0 Å². The van der Waals surface area contributed by atoms with Gasteiger partial charge in [0.25, 0.3) is 0 Å². The summed E-state index contributed by atoms with van der Waals surface area (Å²) in [5.74, 6) is -2.22. The lowest BCUT2D eigenvalue weighted by molar-refractivity contribution is -0.156. The molecule has 0 aliphatic heterocycles. The number of hydrogen-bond donors (Lipinski definition) is 2. The topological polar surface area (TPSA) is 112 Å². The molecule has 1 unspecified atom stereocenters. The highest BCUT2D eigenvalue weighted by Gasteiger charge is 2.18. The minimum absolute atomic E-state index is 0.00708. The summed E-state index contributed by atoms with van der Waals surface area (Å²) in [6.45, 7) is 5.10. The van der Waals surface area contributed by atoms with Gasteiger partial charge in [-0.3, -0.25) is 4.79 Å². The van der Waals surface area contributed by atoms with E-state index in [4.69, 9.17) is 29.2 Å². The second-order valence-electron chi connectivity index (χ2n) is 7.30. The van der Waals surface area contributed by atoms with Crippen LogP contribution in [0.15, 0.2) is 0 Å². The van der Waals surface area contributed by atoms with Gasteiger partial charge in [-0.2, -0.15) is 0 Å². The molecule has 0 fully saturated rings. The molecule has 178 valence electrons. The summed E-state index contributed by atoms with van der Waals surface area (Å²) in [4.78, 5) is 21.6. The number of aliphatic carboxylic acids is 1. The first-order valence-corrected chi connectivity index (χ1v) is 11.4. The van der Waals surface area contributed by atoms with Gasteiger partial charge in [-0.1, -0.05) is 64.7 Å². The Balaban J connectivity index is 3.14. The zero-order valence-corrected chi connectivity index (χ0v) is 18.6. The highest BCUT2D eigenvalue weighted by atomic mass is 16.6. The number of aliphatic hydroxyl groups excluding tert-OH is 1. The molecule has 0 aliphatic carbocycles. The van der Waals surface area contributed by atoms with Crippen LogP contribution in [0.1, 0.15) is 77.6 Å². The molecule has 0 bridgehead atoms. The lowest BCUT2D eigenvalue weighted by Gasteiger charge is -2.08. The molecule has 0 heterocycles. The van der Waals surface area contributed by atoms with Crippen LogP contribution in [0, 0.1) is 0 Å². The number of hydrogen-bond acceptors (Lipinski definition) is 7. The van der Waals surface area contributed by atoms with Crippen LogP contribution in [0.25, 0.3) is 0 Å². The molecule has 8 nitrogen and oxygen atoms in total. The van der Waals surface area contributed by atoms with E-state index >= 15 is 0 Å². The largest absolute Gasteiger partial charge is 0.479 e. The summed E-state index contributed by atoms with van der Waals surface area (Å²) in [5, 5.41) is 17.5. The van der Waals surface area contributed by atoms with Crippen molar-refractivity contribution >= 4 is 11.9 Å². The van der Waals surface area contributed by atoms with Gasteiger partial charge in [0.1, 0.15) is 6.61 Å². The van der Waals surface area contributed by atoms with Gasteiger partial charge in [0.2, 0.25) is 0 Å². The van der Waals surface area contributed by atoms with Crippen molar-refractivity contribution in [2.75, 3.05) is 46.2 Å². The molecule has 0 amide bonds. The number of carboxylic acids is 1. The van der Waals surface area contributed by atoms with Gasteiger partial charge in [-0.25, -0.2) is 4.79 Å². The lowest BCUT2D eigenvalue weighted by atomic mass is 10.1. The van der Waals surface area contributed by atoms with Crippen LogP contribution in [0.2, 0.25) is 0 Å². The van der Waals surface area contributed by atoms with E-state index in [9.17, 15) is 9.59 Å². The zero-order valence-electron chi connectivity index (χ0n) is 18.6. The van der Waals surface area contributed by atoms with Gasteiger partial charge in [0, 0.05) is 6.61 Å². The quantitative estimate of drug-likeness (QED) is 0.186. The molecule has 30 heavy (non-hydrogen) atoms. The molecule has 0 rings (SSSR count). The van der Waals surface area contributed by atoms with Crippen molar-refractivity contribution in [3.63, 3.8) is 0 Å². The highest BCUT2D eigenvalue weighted by Crippen LogP contribution is 2.10. The third-order valence-corrected chi connectivity index (χ3v) is 4.52. The molecule has 0 radical (unpaired) electrons. The van der Waals surface area contributed by atoms with Gasteiger partial charge in [0.05, 0.1) is 39.5 Å². The summed E-state index contributed by atoms with van der Waals surface area (Å²) in [5.41, 5.74) is 0. The summed E-state index contributed by atoms with van der Waals surface area (Å²) < 4.78 is 20.9. The first-order valence-electron chi connectivity index (χ1n) is 11.4. The first-order chi connectivity index (χ1) is 14.6. The van der Waals surface area contributed by atoms with E-state index in [2.05, 4.69) is 6.92 Å². The number of carbonyl (C=O) groups excluding carboxylic acids is 1. The Morgan fingerprint density at radius 1 is 0.667 bits per heavy atom. The van der Waals surface area contributed by atoms with E-state index < -0.39 is 24.5 Å². The van der Waals surface area contributed by atoms with E-state index in [-0.39, 0.29) is 13.2 Å². The molecule has 1 atom stereocenters. The molecule has 0 aliphatic rings. The third kappa shape index (κ3) is 21.5. The fourth-order valence-corrected chi connectivity index (χ4v) is 2.75. The van der Waals surface area contributed by atoms with Crippen molar-refractivity contribution in [1.82, 2.24) is 0 Å². The summed E-state index contributed by atoms with van der Waals surface area (Å²) in [7, 11) is 0. The average Bonchev–Trinajstić information content (AvgIpc) is 2.72. The van der Waals surface area contributed by atoms with Crippen molar-refractivity contribution in [2.45, 2.75) is 83.7 Å². The van der Waals surface area contributed by atoms with Crippen LogP contribution in [0.3, 0.4) is 0 Å². The van der Waals surface area contributed by atoms with Gasteiger partial charge < -0.3 is 29.2 Å². The van der Waals surface area contributed by atoms with Crippen molar-refractivity contribution in [2.24, 2.45) is 0 Å². The Kier molecular flexibility index (Phi) is 21.6. The van der Waals surface area contributed by atoms with Gasteiger partial charge in [-0.05, 0) is 6.42 Å². The lowest BCUT2D eigenvalue weighted by Crippen LogP contribution is -2.25. The molecule has 0 saturated carbocycles. The van der Waals surface area contributed by atoms with Crippen LogP contribution < -0.4 is 0 Å². The molecule has 2 N–H and O–H groups in total. The third-order valence-electron chi connectivity index (χ3n) is 4.52. The Labute approximate surface area is 181 Å². The number of unbranched alkanes of at least 4 members (excludes halogenated alkanes) is 9. The van der Waals surface area contributed by atoms with E-state index in [1.165, 1.54) is 57.8 Å². The smallest absolute Gasteiger partial charge is 0.333 e. The van der Waals surface area contributed by atoms with Crippen molar-refractivity contribution in [3.05, 3.63) is 0 Å². The summed E-state index contributed by atoms with van der Waals surface area (Å²) in [6, 6.07) is 0. The Morgan fingerprint density at radius 3 is 1.60 bits per heavy atom. The first kappa shape index (κ1) is 28.8. The fraction of sp³-hybridized carbons (Fsp3) is 0.909. The van der Waals surface area contributed by atoms with Crippen LogP contribution >= 0.6 is 0 Å².